The fourth-order valence-corrected chi connectivity index (χ4v) is 2.88. The smallest absolute Gasteiger partial charge is 0.320 e. The summed E-state index contributed by atoms with van der Waals surface area (Å²) < 4.78 is 24.5. The summed E-state index contributed by atoms with van der Waals surface area (Å²) in [6, 6.07) is 8.76. The zero-order chi connectivity index (χ0) is 20.7. The number of rotatable bonds is 10. The predicted molar refractivity (Wildman–Crippen MR) is 106 cm³/mol. The lowest BCUT2D eigenvalue weighted by molar-refractivity contribution is -0.140. The number of hydrogen-bond donors (Lipinski definition) is 2. The minimum Gasteiger partial charge on any atom is -0.490 e. The highest BCUT2D eigenvalue weighted by Gasteiger charge is 2.21. The van der Waals surface area contributed by atoms with Gasteiger partial charge in [0.2, 0.25) is 0 Å². The fourth-order valence-electron chi connectivity index (χ4n) is 2.66. The second-order valence-corrected chi connectivity index (χ2v) is 7.09. The minimum atomic E-state index is -0.907. The van der Waals surface area contributed by atoms with E-state index in [0.717, 1.165) is 5.56 Å². The Morgan fingerprint density at radius 3 is 2.39 bits per heavy atom. The molecule has 0 aliphatic heterocycles. The molecule has 1 unspecified atom stereocenters. The van der Waals surface area contributed by atoms with E-state index in [4.69, 9.17) is 21.1 Å². The van der Waals surface area contributed by atoms with Crippen molar-refractivity contribution in [3.05, 3.63) is 58.4 Å². The second kappa shape index (κ2) is 10.3. The Kier molecular flexibility index (Phi) is 8.08. The van der Waals surface area contributed by atoms with E-state index in [1.807, 2.05) is 20.8 Å². The molecule has 28 heavy (non-hydrogen) atoms. The maximum Gasteiger partial charge on any atom is 0.320 e. The summed E-state index contributed by atoms with van der Waals surface area (Å²) in [6.07, 6.45) is 0. The lowest BCUT2D eigenvalue weighted by Gasteiger charge is -2.19. The molecule has 0 aliphatic rings. The third-order valence-electron chi connectivity index (χ3n) is 4.17. The SMILES string of the molecule is CCOc1cc(CNC(C(=O)O)C(C)C)c(Cl)cc1OCc1ccc(F)cc1. The average molecular weight is 410 g/mol. The third kappa shape index (κ3) is 6.11. The van der Waals surface area contributed by atoms with Gasteiger partial charge in [0.05, 0.1) is 6.61 Å². The Labute approximate surface area is 169 Å². The topological polar surface area (TPSA) is 67.8 Å². The van der Waals surface area contributed by atoms with Gasteiger partial charge in [0.15, 0.2) is 11.5 Å². The Bertz CT molecular complexity index is 796. The fraction of sp³-hybridized carbons (Fsp3) is 0.381. The van der Waals surface area contributed by atoms with Crippen molar-refractivity contribution in [1.82, 2.24) is 5.32 Å². The van der Waals surface area contributed by atoms with Crippen molar-refractivity contribution in [2.75, 3.05) is 6.61 Å². The monoisotopic (exact) mass is 409 g/mol. The van der Waals surface area contributed by atoms with E-state index in [1.165, 1.54) is 12.1 Å². The van der Waals surface area contributed by atoms with Crippen LogP contribution in [0.3, 0.4) is 0 Å². The number of ether oxygens (including phenoxy) is 2. The molecular weight excluding hydrogens is 385 g/mol. The van der Waals surface area contributed by atoms with Crippen LogP contribution in [0.5, 0.6) is 11.5 Å². The van der Waals surface area contributed by atoms with E-state index < -0.39 is 12.0 Å². The van der Waals surface area contributed by atoms with Gasteiger partial charge in [-0.25, -0.2) is 4.39 Å². The van der Waals surface area contributed by atoms with Crippen molar-refractivity contribution in [2.24, 2.45) is 5.92 Å². The summed E-state index contributed by atoms with van der Waals surface area (Å²) >= 11 is 6.37. The van der Waals surface area contributed by atoms with Crippen LogP contribution < -0.4 is 14.8 Å². The van der Waals surface area contributed by atoms with Gasteiger partial charge in [-0.1, -0.05) is 37.6 Å². The Balaban J connectivity index is 2.15. The van der Waals surface area contributed by atoms with Crippen LogP contribution >= 0.6 is 11.6 Å². The van der Waals surface area contributed by atoms with Gasteiger partial charge in [-0.2, -0.15) is 0 Å². The van der Waals surface area contributed by atoms with Crippen molar-refractivity contribution < 1.29 is 23.8 Å². The first-order valence-electron chi connectivity index (χ1n) is 9.10. The Hall–Kier alpha value is -2.31. The lowest BCUT2D eigenvalue weighted by atomic mass is 10.0. The van der Waals surface area contributed by atoms with E-state index >= 15 is 0 Å². The normalized spacial score (nSPS) is 12.1. The Morgan fingerprint density at radius 1 is 1.18 bits per heavy atom. The first kappa shape index (κ1) is 22.0. The average Bonchev–Trinajstić information content (AvgIpc) is 2.63. The van der Waals surface area contributed by atoms with Gasteiger partial charge in [-0.05, 0) is 42.2 Å². The van der Waals surface area contributed by atoms with Gasteiger partial charge >= 0.3 is 5.97 Å². The number of nitrogens with one attached hydrogen (secondary N) is 1. The summed E-state index contributed by atoms with van der Waals surface area (Å²) in [7, 11) is 0. The molecule has 7 heteroatoms. The largest absolute Gasteiger partial charge is 0.490 e. The maximum atomic E-state index is 13.0. The first-order valence-corrected chi connectivity index (χ1v) is 9.48. The predicted octanol–water partition coefficient (Wildman–Crippen LogP) is 4.66. The molecule has 0 amide bonds. The van der Waals surface area contributed by atoms with Crippen LogP contribution in [-0.4, -0.2) is 23.7 Å². The molecule has 0 fully saturated rings. The molecule has 0 aliphatic carbocycles. The van der Waals surface area contributed by atoms with Crippen LogP contribution in [0.4, 0.5) is 4.39 Å². The molecule has 5 nitrogen and oxygen atoms in total. The number of carboxylic acid groups (broad SMARTS) is 1. The summed E-state index contributed by atoms with van der Waals surface area (Å²) in [4.78, 5) is 11.3. The van der Waals surface area contributed by atoms with Crippen LogP contribution in [-0.2, 0) is 17.9 Å². The van der Waals surface area contributed by atoms with E-state index in [9.17, 15) is 14.3 Å². The highest BCUT2D eigenvalue weighted by Crippen LogP contribution is 2.34. The van der Waals surface area contributed by atoms with Gasteiger partial charge in [0.25, 0.3) is 0 Å². The summed E-state index contributed by atoms with van der Waals surface area (Å²) in [5.41, 5.74) is 1.53. The molecule has 0 bridgehead atoms. The van der Waals surface area contributed by atoms with Crippen molar-refractivity contribution >= 4 is 17.6 Å². The second-order valence-electron chi connectivity index (χ2n) is 6.68. The van der Waals surface area contributed by atoms with Crippen LogP contribution in [0.1, 0.15) is 31.9 Å². The van der Waals surface area contributed by atoms with Crippen LogP contribution in [0, 0.1) is 11.7 Å². The molecular formula is C21H25ClFNO4. The number of carbonyl (C=O) groups is 1. The van der Waals surface area contributed by atoms with Gasteiger partial charge in [0.1, 0.15) is 18.5 Å². The number of carboxylic acids is 1. The van der Waals surface area contributed by atoms with Crippen molar-refractivity contribution in [3.8, 4) is 11.5 Å². The number of halogens is 2. The summed E-state index contributed by atoms with van der Waals surface area (Å²) in [5.74, 6) is -0.295. The zero-order valence-corrected chi connectivity index (χ0v) is 16.9. The van der Waals surface area contributed by atoms with Crippen molar-refractivity contribution in [1.29, 1.82) is 0 Å². The quantitative estimate of drug-likeness (QED) is 0.597. The summed E-state index contributed by atoms with van der Waals surface area (Å²) in [6.45, 7) is 6.49. The lowest BCUT2D eigenvalue weighted by Crippen LogP contribution is -2.40. The molecule has 2 N–H and O–H groups in total. The van der Waals surface area contributed by atoms with E-state index in [2.05, 4.69) is 5.32 Å². The molecule has 0 spiro atoms. The molecule has 0 radical (unpaired) electrons. The molecule has 2 aromatic carbocycles. The minimum absolute atomic E-state index is 0.0686. The van der Waals surface area contributed by atoms with E-state index in [1.54, 1.807) is 24.3 Å². The van der Waals surface area contributed by atoms with E-state index in [-0.39, 0.29) is 24.9 Å². The molecule has 152 valence electrons. The standard InChI is InChI=1S/C21H25ClFNO4/c1-4-27-18-9-15(11-24-20(13(2)3)21(25)26)17(22)10-19(18)28-12-14-5-7-16(23)8-6-14/h5-10,13,20,24H,4,11-12H2,1-3H3,(H,25,26). The molecule has 0 aromatic heterocycles. The van der Waals surface area contributed by atoms with Crippen LogP contribution in [0.2, 0.25) is 5.02 Å². The molecule has 0 saturated heterocycles. The molecule has 0 saturated carbocycles. The number of hydrogen-bond acceptors (Lipinski definition) is 4. The third-order valence-corrected chi connectivity index (χ3v) is 4.52. The summed E-state index contributed by atoms with van der Waals surface area (Å²) in [5, 5.41) is 12.8. The zero-order valence-electron chi connectivity index (χ0n) is 16.2. The van der Waals surface area contributed by atoms with Gasteiger partial charge in [0, 0.05) is 17.6 Å². The molecule has 0 heterocycles. The highest BCUT2D eigenvalue weighted by atomic mass is 35.5. The van der Waals surface area contributed by atoms with Crippen molar-refractivity contribution in [2.45, 2.75) is 40.0 Å². The van der Waals surface area contributed by atoms with Crippen LogP contribution in [0.25, 0.3) is 0 Å². The van der Waals surface area contributed by atoms with Crippen LogP contribution in [0.15, 0.2) is 36.4 Å². The van der Waals surface area contributed by atoms with Gasteiger partial charge in [-0.15, -0.1) is 0 Å². The van der Waals surface area contributed by atoms with Crippen molar-refractivity contribution in [3.63, 3.8) is 0 Å². The highest BCUT2D eigenvalue weighted by molar-refractivity contribution is 6.31. The Morgan fingerprint density at radius 2 is 1.82 bits per heavy atom. The number of benzene rings is 2. The molecule has 2 aromatic rings. The first-order chi connectivity index (χ1) is 13.3. The number of aliphatic carboxylic acids is 1. The van der Waals surface area contributed by atoms with Gasteiger partial charge in [-0.3, -0.25) is 4.79 Å². The molecule has 2 rings (SSSR count). The maximum absolute atomic E-state index is 13.0. The van der Waals surface area contributed by atoms with E-state index in [0.29, 0.717) is 28.7 Å². The van der Waals surface area contributed by atoms with Gasteiger partial charge < -0.3 is 19.9 Å². The molecule has 1 atom stereocenters.